The van der Waals surface area contributed by atoms with Gasteiger partial charge >= 0.3 is 0 Å². The molecule has 4 heteroatoms. The van der Waals surface area contributed by atoms with Gasteiger partial charge in [-0.2, -0.15) is 0 Å². The zero-order valence-corrected chi connectivity index (χ0v) is 15.1. The second-order valence-electron chi connectivity index (χ2n) is 5.18. The number of aryl methyl sites for hydroxylation is 1. The lowest BCUT2D eigenvalue weighted by atomic mass is 10.0. The summed E-state index contributed by atoms with van der Waals surface area (Å²) in [6.45, 7) is 12.9. The molecule has 23 heavy (non-hydrogen) atoms. The van der Waals surface area contributed by atoms with E-state index in [9.17, 15) is 9.59 Å². The van der Waals surface area contributed by atoms with Crippen molar-refractivity contribution < 1.29 is 0 Å². The smallest absolute Gasteiger partial charge is 0.253 e. The molecule has 0 bridgehead atoms. The zero-order chi connectivity index (χ0) is 17.7. The molecule has 1 aliphatic rings. The van der Waals surface area contributed by atoms with Gasteiger partial charge in [0.2, 0.25) is 0 Å². The van der Waals surface area contributed by atoms with E-state index >= 15 is 0 Å². The van der Waals surface area contributed by atoms with Crippen LogP contribution < -0.4 is 21.5 Å². The molecule has 126 valence electrons. The molecule has 0 fully saturated rings. The Kier molecular flexibility index (Phi) is 6.55. The molecule has 1 unspecified atom stereocenters. The van der Waals surface area contributed by atoms with E-state index in [4.69, 9.17) is 5.73 Å². The Morgan fingerprint density at radius 1 is 1.13 bits per heavy atom. The maximum absolute atomic E-state index is 11.7. The van der Waals surface area contributed by atoms with Gasteiger partial charge in [-0.15, -0.1) is 0 Å². The van der Waals surface area contributed by atoms with Crippen molar-refractivity contribution >= 4 is 17.1 Å². The molecule has 1 heterocycles. The molecule has 1 atom stereocenters. The van der Waals surface area contributed by atoms with Gasteiger partial charge in [-0.3, -0.25) is 9.59 Å². The number of hydrogen-bond acceptors (Lipinski definition) is 4. The molecule has 0 aliphatic carbocycles. The van der Waals surface area contributed by atoms with Gasteiger partial charge in [0.15, 0.2) is 0 Å². The van der Waals surface area contributed by atoms with Gasteiger partial charge in [0.1, 0.15) is 11.4 Å². The van der Waals surface area contributed by atoms with Gasteiger partial charge in [-0.25, -0.2) is 0 Å². The molecule has 4 nitrogen and oxygen atoms in total. The Hall–Kier alpha value is -2.10. The lowest BCUT2D eigenvalue weighted by molar-refractivity contribution is 0.811. The van der Waals surface area contributed by atoms with Crippen LogP contribution in [0.5, 0.6) is 0 Å². The third kappa shape index (κ3) is 3.16. The van der Waals surface area contributed by atoms with Crippen LogP contribution >= 0.6 is 0 Å². The molecule has 2 aromatic carbocycles. The highest BCUT2D eigenvalue weighted by molar-refractivity contribution is 5.82. The summed E-state index contributed by atoms with van der Waals surface area (Å²) in [6, 6.07) is 6.32. The largest absolute Gasteiger partial charge is 0.394 e. The molecule has 0 spiro atoms. The van der Waals surface area contributed by atoms with Crippen molar-refractivity contribution in [2.24, 2.45) is 0 Å². The van der Waals surface area contributed by atoms with E-state index in [1.54, 1.807) is 0 Å². The number of anilines is 3. The van der Waals surface area contributed by atoms with E-state index in [1.165, 1.54) is 11.1 Å². The van der Waals surface area contributed by atoms with Gasteiger partial charge in [0.25, 0.3) is 10.9 Å². The standard InChI is InChI=1S/C15H16N2O2.2C2H6/c1-3-9-4-5-10-8(2)7-17(11(10)6-9)13-12(16)14(18)15(13)19;2*1-2/h4-6,8H,3,7,16H2,1-2H3;2*1-2H3. The first-order valence-corrected chi connectivity index (χ1v) is 8.53. The number of hydrogen-bond donors (Lipinski definition) is 1. The number of nitrogen functional groups attached to an aromatic ring is 1. The van der Waals surface area contributed by atoms with E-state index in [1.807, 2.05) is 32.6 Å². The van der Waals surface area contributed by atoms with Crippen molar-refractivity contribution in [1.29, 1.82) is 0 Å². The first-order chi connectivity index (χ1) is 11.0. The van der Waals surface area contributed by atoms with E-state index in [-0.39, 0.29) is 5.69 Å². The van der Waals surface area contributed by atoms with Crippen LogP contribution in [-0.4, -0.2) is 6.54 Å². The summed E-state index contributed by atoms with van der Waals surface area (Å²) in [5, 5.41) is 0. The van der Waals surface area contributed by atoms with Crippen LogP contribution in [0.25, 0.3) is 0 Å². The summed E-state index contributed by atoms with van der Waals surface area (Å²) in [7, 11) is 0. The van der Waals surface area contributed by atoms with Crippen LogP contribution in [0.2, 0.25) is 0 Å². The van der Waals surface area contributed by atoms with Crippen LogP contribution in [0, 0.1) is 0 Å². The Bertz CT molecular complexity index is 727. The van der Waals surface area contributed by atoms with Crippen molar-refractivity contribution in [1.82, 2.24) is 0 Å². The monoisotopic (exact) mass is 316 g/mol. The first-order valence-electron chi connectivity index (χ1n) is 8.53. The second kappa shape index (κ2) is 7.95. The molecule has 2 aromatic rings. The van der Waals surface area contributed by atoms with E-state index < -0.39 is 10.9 Å². The fourth-order valence-corrected chi connectivity index (χ4v) is 2.81. The van der Waals surface area contributed by atoms with Gasteiger partial charge in [0.05, 0.1) is 0 Å². The minimum absolute atomic E-state index is 0.104. The summed E-state index contributed by atoms with van der Waals surface area (Å²) in [5.41, 5.74) is 8.60. The van der Waals surface area contributed by atoms with Gasteiger partial charge < -0.3 is 10.6 Å². The summed E-state index contributed by atoms with van der Waals surface area (Å²) in [5.74, 6) is 0.338. The Balaban J connectivity index is 0.000000615. The van der Waals surface area contributed by atoms with Gasteiger partial charge in [-0.1, -0.05) is 53.7 Å². The number of nitrogens with two attached hydrogens (primary N) is 1. The van der Waals surface area contributed by atoms with Crippen LogP contribution in [0.3, 0.4) is 0 Å². The topological polar surface area (TPSA) is 63.4 Å². The average molecular weight is 316 g/mol. The highest BCUT2D eigenvalue weighted by atomic mass is 16.2. The molecule has 1 aliphatic heterocycles. The van der Waals surface area contributed by atoms with E-state index in [0.29, 0.717) is 18.2 Å². The molecule has 0 saturated heterocycles. The number of fused-ring (bicyclic) bond motifs is 1. The second-order valence-corrected chi connectivity index (χ2v) is 5.18. The van der Waals surface area contributed by atoms with Crippen molar-refractivity contribution in [3.8, 4) is 0 Å². The molecular formula is C19H28N2O2. The van der Waals surface area contributed by atoms with Gasteiger partial charge in [0, 0.05) is 18.2 Å². The lowest BCUT2D eigenvalue weighted by Gasteiger charge is -2.22. The summed E-state index contributed by atoms with van der Waals surface area (Å²) in [6.07, 6.45) is 0.941. The molecule has 2 N–H and O–H groups in total. The predicted octanol–water partition coefficient (Wildman–Crippen LogP) is 3.73. The highest BCUT2D eigenvalue weighted by Gasteiger charge is 2.32. The number of nitrogens with zero attached hydrogens (tertiary/aromatic N) is 1. The zero-order valence-electron chi connectivity index (χ0n) is 15.1. The SMILES string of the molecule is CC.CC.CCc1ccc2c(c1)N(c1c(N)c(=O)c1=O)CC2C. The third-order valence-electron chi connectivity index (χ3n) is 3.97. The first kappa shape index (κ1) is 18.9. The average Bonchev–Trinajstić information content (AvgIpc) is 2.94. The Morgan fingerprint density at radius 2 is 1.74 bits per heavy atom. The van der Waals surface area contributed by atoms with Gasteiger partial charge in [-0.05, 0) is 23.6 Å². The van der Waals surface area contributed by atoms with Crippen molar-refractivity contribution in [2.75, 3.05) is 17.2 Å². The van der Waals surface area contributed by atoms with Crippen molar-refractivity contribution in [3.63, 3.8) is 0 Å². The molecule has 0 amide bonds. The van der Waals surface area contributed by atoms with E-state index in [0.717, 1.165) is 12.1 Å². The van der Waals surface area contributed by atoms with Crippen LogP contribution in [0.1, 0.15) is 58.6 Å². The fraction of sp³-hybridized carbons (Fsp3) is 0.474. The highest BCUT2D eigenvalue weighted by Crippen LogP contribution is 2.41. The van der Waals surface area contributed by atoms with Crippen LogP contribution in [0.15, 0.2) is 27.8 Å². The quantitative estimate of drug-likeness (QED) is 0.857. The number of rotatable bonds is 2. The van der Waals surface area contributed by atoms with Crippen molar-refractivity contribution in [3.05, 3.63) is 49.8 Å². The molecule has 0 radical (unpaired) electrons. The minimum atomic E-state index is -0.553. The Labute approximate surface area is 138 Å². The Morgan fingerprint density at radius 3 is 2.26 bits per heavy atom. The van der Waals surface area contributed by atoms with E-state index in [2.05, 4.69) is 32.0 Å². The predicted molar refractivity (Wildman–Crippen MR) is 99.7 cm³/mol. The minimum Gasteiger partial charge on any atom is -0.394 e. The fourth-order valence-electron chi connectivity index (χ4n) is 2.81. The van der Waals surface area contributed by atoms with Crippen LogP contribution in [-0.2, 0) is 6.42 Å². The maximum Gasteiger partial charge on any atom is 0.253 e. The lowest BCUT2D eigenvalue weighted by Crippen LogP contribution is -2.40. The maximum atomic E-state index is 11.7. The third-order valence-corrected chi connectivity index (χ3v) is 3.97. The summed E-state index contributed by atoms with van der Waals surface area (Å²) < 4.78 is 0. The molecular weight excluding hydrogens is 288 g/mol. The normalized spacial score (nSPS) is 15.4. The molecule has 0 aromatic heterocycles. The summed E-state index contributed by atoms with van der Waals surface area (Å²) >= 11 is 0. The number of benzene rings is 1. The van der Waals surface area contributed by atoms with Crippen molar-refractivity contribution in [2.45, 2.75) is 53.9 Å². The molecule has 0 saturated carbocycles. The van der Waals surface area contributed by atoms with Crippen LogP contribution in [0.4, 0.5) is 17.1 Å². The molecule has 3 rings (SSSR count). The summed E-state index contributed by atoms with van der Waals surface area (Å²) in [4.78, 5) is 24.9.